The quantitative estimate of drug-likeness (QED) is 0.313. The molecular weight excluding hydrogens is 421 g/mol. The van der Waals surface area contributed by atoms with Gasteiger partial charge in [-0.05, 0) is 42.8 Å². The molecule has 0 spiro atoms. The Morgan fingerprint density at radius 2 is 1.63 bits per heavy atom. The summed E-state index contributed by atoms with van der Waals surface area (Å²) in [5.74, 6) is -1.75. The zero-order valence-corrected chi connectivity index (χ0v) is 17.5. The Kier molecular flexibility index (Phi) is 5.37. The lowest BCUT2D eigenvalue weighted by atomic mass is 9.94. The molecule has 1 saturated heterocycles. The molecule has 30 heavy (non-hydrogen) atoms. The topological polar surface area (TPSA) is 57.6 Å². The van der Waals surface area contributed by atoms with Crippen molar-refractivity contribution in [1.29, 1.82) is 0 Å². The molecule has 0 aromatic heterocycles. The zero-order chi connectivity index (χ0) is 21.4. The molecule has 1 aliphatic heterocycles. The largest absolute Gasteiger partial charge is 0.507 e. The summed E-state index contributed by atoms with van der Waals surface area (Å²) in [5, 5.41) is 11.6. The van der Waals surface area contributed by atoms with E-state index in [1.54, 1.807) is 30.3 Å². The SMILES string of the molecule is Cc1cccc(C2/C(=C(/O)c3ccc(Cl)c(Cl)c3)C(=O)C(=O)N2c2ccccc2)c1. The molecule has 1 N–H and O–H groups in total. The molecule has 3 aromatic carbocycles. The number of hydrogen-bond acceptors (Lipinski definition) is 3. The summed E-state index contributed by atoms with van der Waals surface area (Å²) in [6.45, 7) is 1.93. The first-order chi connectivity index (χ1) is 14.4. The third kappa shape index (κ3) is 3.49. The van der Waals surface area contributed by atoms with Crippen LogP contribution in [0.1, 0.15) is 22.7 Å². The number of para-hydroxylation sites is 1. The number of aliphatic hydroxyl groups excluding tert-OH is 1. The van der Waals surface area contributed by atoms with Gasteiger partial charge in [0.1, 0.15) is 5.76 Å². The van der Waals surface area contributed by atoms with Crippen LogP contribution in [0.25, 0.3) is 5.76 Å². The number of anilines is 1. The Morgan fingerprint density at radius 3 is 2.30 bits per heavy atom. The molecule has 1 unspecified atom stereocenters. The minimum atomic E-state index is -0.776. The van der Waals surface area contributed by atoms with E-state index >= 15 is 0 Å². The van der Waals surface area contributed by atoms with Gasteiger partial charge in [0.25, 0.3) is 11.7 Å². The number of halogens is 2. The predicted molar refractivity (Wildman–Crippen MR) is 119 cm³/mol. The first kappa shape index (κ1) is 20.2. The fraction of sp³-hybridized carbons (Fsp3) is 0.0833. The Balaban J connectivity index is 1.96. The smallest absolute Gasteiger partial charge is 0.300 e. The first-order valence-electron chi connectivity index (χ1n) is 9.26. The molecule has 1 fully saturated rings. The van der Waals surface area contributed by atoms with E-state index in [-0.39, 0.29) is 16.4 Å². The number of ketones is 1. The summed E-state index contributed by atoms with van der Waals surface area (Å²) < 4.78 is 0. The summed E-state index contributed by atoms with van der Waals surface area (Å²) >= 11 is 12.1. The monoisotopic (exact) mass is 437 g/mol. The van der Waals surface area contributed by atoms with E-state index in [1.807, 2.05) is 37.3 Å². The van der Waals surface area contributed by atoms with Crippen LogP contribution in [0.2, 0.25) is 10.0 Å². The lowest BCUT2D eigenvalue weighted by Crippen LogP contribution is -2.29. The average Bonchev–Trinajstić information content (AvgIpc) is 3.01. The van der Waals surface area contributed by atoms with Crippen molar-refractivity contribution >= 4 is 46.3 Å². The number of aliphatic hydroxyl groups is 1. The maximum atomic E-state index is 13.1. The number of carbonyl (C=O) groups is 2. The van der Waals surface area contributed by atoms with E-state index in [4.69, 9.17) is 23.2 Å². The van der Waals surface area contributed by atoms with E-state index in [1.165, 1.54) is 17.0 Å². The molecule has 1 amide bonds. The highest BCUT2D eigenvalue weighted by atomic mass is 35.5. The van der Waals surface area contributed by atoms with Crippen LogP contribution in [-0.4, -0.2) is 16.8 Å². The molecule has 1 heterocycles. The van der Waals surface area contributed by atoms with Crippen molar-refractivity contribution in [1.82, 2.24) is 0 Å². The maximum absolute atomic E-state index is 13.1. The lowest BCUT2D eigenvalue weighted by molar-refractivity contribution is -0.132. The van der Waals surface area contributed by atoms with Gasteiger partial charge in [-0.25, -0.2) is 0 Å². The first-order valence-corrected chi connectivity index (χ1v) is 10.0. The van der Waals surface area contributed by atoms with Gasteiger partial charge in [0, 0.05) is 11.3 Å². The van der Waals surface area contributed by atoms with E-state index in [0.29, 0.717) is 16.3 Å². The third-order valence-corrected chi connectivity index (χ3v) is 5.77. The van der Waals surface area contributed by atoms with Gasteiger partial charge in [-0.1, -0.05) is 71.2 Å². The van der Waals surface area contributed by atoms with Crippen molar-refractivity contribution in [2.45, 2.75) is 13.0 Å². The number of Topliss-reactive ketones (excluding diaryl/α,β-unsaturated/α-hetero) is 1. The molecule has 6 heteroatoms. The molecule has 0 aliphatic carbocycles. The number of hydrogen-bond donors (Lipinski definition) is 1. The summed E-state index contributed by atoms with van der Waals surface area (Å²) in [7, 11) is 0. The van der Waals surface area contributed by atoms with Crippen molar-refractivity contribution < 1.29 is 14.7 Å². The van der Waals surface area contributed by atoms with Crippen LogP contribution < -0.4 is 4.90 Å². The van der Waals surface area contributed by atoms with Gasteiger partial charge in [0.05, 0.1) is 21.7 Å². The fourth-order valence-corrected chi connectivity index (χ4v) is 3.94. The van der Waals surface area contributed by atoms with Gasteiger partial charge < -0.3 is 5.11 Å². The minimum absolute atomic E-state index is 0.00726. The Morgan fingerprint density at radius 1 is 0.900 bits per heavy atom. The summed E-state index contributed by atoms with van der Waals surface area (Å²) in [6.07, 6.45) is 0. The van der Waals surface area contributed by atoms with Gasteiger partial charge in [-0.3, -0.25) is 14.5 Å². The minimum Gasteiger partial charge on any atom is -0.507 e. The third-order valence-electron chi connectivity index (χ3n) is 5.03. The number of aryl methyl sites for hydroxylation is 1. The lowest BCUT2D eigenvalue weighted by Gasteiger charge is -2.25. The van der Waals surface area contributed by atoms with E-state index in [2.05, 4.69) is 0 Å². The highest BCUT2D eigenvalue weighted by molar-refractivity contribution is 6.51. The van der Waals surface area contributed by atoms with E-state index in [9.17, 15) is 14.7 Å². The Hall–Kier alpha value is -3.08. The molecule has 0 radical (unpaired) electrons. The van der Waals surface area contributed by atoms with Gasteiger partial charge >= 0.3 is 0 Å². The molecular formula is C24H17Cl2NO3. The van der Waals surface area contributed by atoms with Crippen LogP contribution in [0.4, 0.5) is 5.69 Å². The molecule has 1 atom stereocenters. The van der Waals surface area contributed by atoms with Crippen molar-refractivity contribution in [2.75, 3.05) is 4.90 Å². The molecule has 0 bridgehead atoms. The van der Waals surface area contributed by atoms with Crippen LogP contribution in [0.15, 0.2) is 78.4 Å². The van der Waals surface area contributed by atoms with Gasteiger partial charge in [0.15, 0.2) is 0 Å². The normalized spacial score (nSPS) is 18.1. The van der Waals surface area contributed by atoms with Gasteiger partial charge in [-0.2, -0.15) is 0 Å². The second-order valence-corrected chi connectivity index (χ2v) is 7.86. The predicted octanol–water partition coefficient (Wildman–Crippen LogP) is 5.93. The van der Waals surface area contributed by atoms with E-state index in [0.717, 1.165) is 11.1 Å². The van der Waals surface area contributed by atoms with Crippen LogP contribution in [-0.2, 0) is 9.59 Å². The standard InChI is InChI=1S/C24H17Cl2NO3/c1-14-6-5-7-15(12-14)21-20(22(28)16-10-11-18(25)19(26)13-16)23(29)24(30)27(21)17-8-3-2-4-9-17/h2-13,21,28H,1H3/b22-20-. The molecule has 150 valence electrons. The van der Waals surface area contributed by atoms with Crippen LogP contribution >= 0.6 is 23.2 Å². The van der Waals surface area contributed by atoms with Crippen LogP contribution in [0.5, 0.6) is 0 Å². The van der Waals surface area contributed by atoms with E-state index < -0.39 is 17.7 Å². The molecule has 1 aliphatic rings. The van der Waals surface area contributed by atoms with Crippen LogP contribution in [0, 0.1) is 6.92 Å². The average molecular weight is 438 g/mol. The molecule has 0 saturated carbocycles. The van der Waals surface area contributed by atoms with Crippen molar-refractivity contribution in [3.05, 3.63) is 105 Å². The van der Waals surface area contributed by atoms with Crippen LogP contribution in [0.3, 0.4) is 0 Å². The molecule has 4 nitrogen and oxygen atoms in total. The Labute approximate surface area is 184 Å². The number of amides is 1. The second-order valence-electron chi connectivity index (χ2n) is 7.05. The van der Waals surface area contributed by atoms with Crippen molar-refractivity contribution in [3.63, 3.8) is 0 Å². The summed E-state index contributed by atoms with van der Waals surface area (Å²) in [6, 6.07) is 20.2. The highest BCUT2D eigenvalue weighted by Crippen LogP contribution is 2.42. The van der Waals surface area contributed by atoms with Gasteiger partial charge in [-0.15, -0.1) is 0 Å². The molecule has 3 aromatic rings. The van der Waals surface area contributed by atoms with Gasteiger partial charge in [0.2, 0.25) is 0 Å². The van der Waals surface area contributed by atoms with Crippen molar-refractivity contribution in [2.24, 2.45) is 0 Å². The number of rotatable bonds is 3. The number of carbonyl (C=O) groups excluding carboxylic acids is 2. The second kappa shape index (κ2) is 7.98. The fourth-order valence-electron chi connectivity index (χ4n) is 3.64. The summed E-state index contributed by atoms with van der Waals surface area (Å²) in [5.41, 5.74) is 2.58. The highest BCUT2D eigenvalue weighted by Gasteiger charge is 2.46. The Bertz CT molecular complexity index is 1190. The van der Waals surface area contributed by atoms with Crippen molar-refractivity contribution in [3.8, 4) is 0 Å². The number of benzene rings is 3. The number of nitrogens with zero attached hydrogens (tertiary/aromatic N) is 1. The maximum Gasteiger partial charge on any atom is 0.300 e. The molecule has 4 rings (SSSR count). The zero-order valence-electron chi connectivity index (χ0n) is 16.0. The summed E-state index contributed by atoms with van der Waals surface area (Å²) in [4.78, 5) is 27.5.